The molecule has 0 aliphatic rings. The van der Waals surface area contributed by atoms with Gasteiger partial charge in [-0.05, 0) is 53.2 Å². The highest BCUT2D eigenvalue weighted by Crippen LogP contribution is 2.18. The van der Waals surface area contributed by atoms with E-state index in [4.69, 9.17) is 4.74 Å². The highest BCUT2D eigenvalue weighted by Gasteiger charge is 2.07. The molecule has 0 radical (unpaired) electrons. The monoisotopic (exact) mass is 337 g/mol. The summed E-state index contributed by atoms with van der Waals surface area (Å²) in [5, 5.41) is 14.2. The van der Waals surface area contributed by atoms with E-state index in [-0.39, 0.29) is 5.91 Å². The van der Waals surface area contributed by atoms with E-state index in [1.165, 1.54) is 0 Å². The van der Waals surface area contributed by atoms with Crippen LogP contribution in [0.1, 0.15) is 12.8 Å². The first-order chi connectivity index (χ1) is 12.2. The van der Waals surface area contributed by atoms with Crippen molar-refractivity contribution in [3.05, 3.63) is 54.6 Å². The third-order valence-corrected chi connectivity index (χ3v) is 3.61. The zero-order chi connectivity index (χ0) is 17.5. The lowest BCUT2D eigenvalue weighted by Gasteiger charge is -2.07. The van der Waals surface area contributed by atoms with Crippen LogP contribution in [-0.2, 0) is 11.8 Å². The Hall–Kier alpha value is -3.22. The predicted octanol–water partition coefficient (Wildman–Crippen LogP) is 2.67. The Bertz CT molecular complexity index is 815. The molecule has 1 N–H and O–H groups in total. The van der Waals surface area contributed by atoms with Crippen molar-refractivity contribution in [3.63, 3.8) is 0 Å². The number of amides is 1. The molecule has 0 saturated heterocycles. The van der Waals surface area contributed by atoms with Gasteiger partial charge in [0.05, 0.1) is 6.61 Å². The second-order valence-corrected chi connectivity index (χ2v) is 5.52. The van der Waals surface area contributed by atoms with Crippen LogP contribution in [-0.4, -0.2) is 32.7 Å². The van der Waals surface area contributed by atoms with Crippen LogP contribution in [0.15, 0.2) is 54.6 Å². The van der Waals surface area contributed by atoms with Crippen LogP contribution in [0.4, 0.5) is 5.69 Å². The van der Waals surface area contributed by atoms with Gasteiger partial charge < -0.3 is 10.1 Å². The van der Waals surface area contributed by atoms with E-state index in [1.807, 2.05) is 54.6 Å². The van der Waals surface area contributed by atoms with Crippen LogP contribution in [0, 0.1) is 0 Å². The van der Waals surface area contributed by atoms with Gasteiger partial charge in [0, 0.05) is 24.7 Å². The fourth-order valence-corrected chi connectivity index (χ4v) is 2.34. The fraction of sp³-hybridized carbons (Fsp3) is 0.222. The Morgan fingerprint density at radius 2 is 1.88 bits per heavy atom. The summed E-state index contributed by atoms with van der Waals surface area (Å²) in [6, 6.07) is 17.0. The second kappa shape index (κ2) is 8.05. The number of carbonyl (C=O) groups excluding carboxylic acids is 1. The molecule has 0 spiro atoms. The van der Waals surface area contributed by atoms with E-state index in [0.717, 1.165) is 17.0 Å². The van der Waals surface area contributed by atoms with Crippen LogP contribution < -0.4 is 10.1 Å². The molecule has 1 aromatic heterocycles. The minimum absolute atomic E-state index is 0.0373. The van der Waals surface area contributed by atoms with Crippen molar-refractivity contribution < 1.29 is 9.53 Å². The third kappa shape index (κ3) is 4.63. The number of hydrogen-bond acceptors (Lipinski definition) is 5. The van der Waals surface area contributed by atoms with Crippen LogP contribution in [0.3, 0.4) is 0 Å². The van der Waals surface area contributed by atoms with Gasteiger partial charge in [0.25, 0.3) is 0 Å². The lowest BCUT2D eigenvalue weighted by Crippen LogP contribution is -2.12. The third-order valence-electron chi connectivity index (χ3n) is 3.61. The summed E-state index contributed by atoms with van der Waals surface area (Å²) < 4.78 is 7.17. The van der Waals surface area contributed by atoms with Gasteiger partial charge in [-0.2, -0.15) is 0 Å². The Morgan fingerprint density at radius 1 is 1.12 bits per heavy atom. The van der Waals surface area contributed by atoms with Gasteiger partial charge in [0.2, 0.25) is 5.91 Å². The number of aryl methyl sites for hydroxylation is 1. The number of ether oxygens (including phenoxy) is 1. The number of para-hydroxylation sites is 1. The fourth-order valence-electron chi connectivity index (χ4n) is 2.34. The lowest BCUT2D eigenvalue weighted by molar-refractivity contribution is -0.116. The molecule has 0 fully saturated rings. The number of carbonyl (C=O) groups is 1. The largest absolute Gasteiger partial charge is 0.494 e. The first-order valence-corrected chi connectivity index (χ1v) is 8.03. The quantitative estimate of drug-likeness (QED) is 0.670. The Labute approximate surface area is 145 Å². The van der Waals surface area contributed by atoms with Crippen molar-refractivity contribution in [1.82, 2.24) is 20.2 Å². The van der Waals surface area contributed by atoms with Crippen LogP contribution in [0.5, 0.6) is 5.75 Å². The van der Waals surface area contributed by atoms with Crippen molar-refractivity contribution >= 4 is 11.6 Å². The van der Waals surface area contributed by atoms with Crippen LogP contribution in [0.2, 0.25) is 0 Å². The zero-order valence-corrected chi connectivity index (χ0v) is 13.9. The average molecular weight is 337 g/mol. The molecule has 2 aromatic carbocycles. The highest BCUT2D eigenvalue weighted by molar-refractivity contribution is 5.90. The van der Waals surface area contributed by atoms with E-state index in [0.29, 0.717) is 25.3 Å². The Balaban J connectivity index is 1.44. The summed E-state index contributed by atoms with van der Waals surface area (Å²) in [6.07, 6.45) is 1.06. The molecular weight excluding hydrogens is 318 g/mol. The summed E-state index contributed by atoms with van der Waals surface area (Å²) in [4.78, 5) is 12.0. The van der Waals surface area contributed by atoms with Crippen molar-refractivity contribution in [2.45, 2.75) is 12.8 Å². The minimum atomic E-state index is -0.0373. The molecule has 7 heteroatoms. The minimum Gasteiger partial charge on any atom is -0.494 e. The van der Waals surface area contributed by atoms with Crippen LogP contribution >= 0.6 is 0 Å². The number of nitrogens with one attached hydrogen (secondary N) is 1. The first kappa shape index (κ1) is 16.6. The molecule has 25 heavy (non-hydrogen) atoms. The van der Waals surface area contributed by atoms with E-state index in [2.05, 4.69) is 20.8 Å². The Morgan fingerprint density at radius 3 is 2.56 bits per heavy atom. The van der Waals surface area contributed by atoms with Crippen molar-refractivity contribution in [2.24, 2.45) is 7.05 Å². The molecule has 0 atom stereocenters. The molecular formula is C18H19N5O2. The van der Waals surface area contributed by atoms with Gasteiger partial charge in [0.1, 0.15) is 5.75 Å². The molecule has 3 aromatic rings. The smallest absolute Gasteiger partial charge is 0.224 e. The number of nitrogens with zero attached hydrogens (tertiary/aromatic N) is 4. The highest BCUT2D eigenvalue weighted by atomic mass is 16.5. The number of aromatic nitrogens is 4. The van der Waals surface area contributed by atoms with Crippen molar-refractivity contribution in [1.29, 1.82) is 0 Å². The number of tetrazole rings is 1. The van der Waals surface area contributed by atoms with E-state index in [1.54, 1.807) is 11.7 Å². The summed E-state index contributed by atoms with van der Waals surface area (Å²) >= 11 is 0. The van der Waals surface area contributed by atoms with Gasteiger partial charge >= 0.3 is 0 Å². The van der Waals surface area contributed by atoms with Gasteiger partial charge in [-0.1, -0.05) is 18.2 Å². The topological polar surface area (TPSA) is 81.9 Å². The molecule has 7 nitrogen and oxygen atoms in total. The van der Waals surface area contributed by atoms with E-state index >= 15 is 0 Å². The molecule has 0 aliphatic carbocycles. The van der Waals surface area contributed by atoms with Crippen LogP contribution in [0.25, 0.3) is 11.4 Å². The summed E-state index contributed by atoms with van der Waals surface area (Å²) in [5.74, 6) is 1.46. The maximum absolute atomic E-state index is 12.0. The van der Waals surface area contributed by atoms with Crippen molar-refractivity contribution in [2.75, 3.05) is 11.9 Å². The molecule has 0 unspecified atom stereocenters. The van der Waals surface area contributed by atoms with Gasteiger partial charge in [-0.3, -0.25) is 4.79 Å². The normalized spacial score (nSPS) is 10.4. The molecule has 0 saturated carbocycles. The number of rotatable bonds is 7. The maximum atomic E-state index is 12.0. The molecule has 3 rings (SSSR count). The first-order valence-electron chi connectivity index (χ1n) is 8.03. The maximum Gasteiger partial charge on any atom is 0.224 e. The average Bonchev–Trinajstić information content (AvgIpc) is 3.06. The molecule has 0 aliphatic heterocycles. The Kier molecular flexibility index (Phi) is 5.36. The van der Waals surface area contributed by atoms with Crippen molar-refractivity contribution in [3.8, 4) is 17.1 Å². The number of benzene rings is 2. The lowest BCUT2D eigenvalue weighted by atomic mass is 10.2. The predicted molar refractivity (Wildman–Crippen MR) is 94.0 cm³/mol. The van der Waals surface area contributed by atoms with E-state index in [9.17, 15) is 4.79 Å². The van der Waals surface area contributed by atoms with Gasteiger partial charge in [-0.15, -0.1) is 5.10 Å². The van der Waals surface area contributed by atoms with Gasteiger partial charge in [-0.25, -0.2) is 4.68 Å². The summed E-state index contributed by atoms with van der Waals surface area (Å²) in [6.45, 7) is 0.509. The molecule has 1 amide bonds. The standard InChI is InChI=1S/C18H19N5O2/c1-23-18(20-21-22-23)14-9-11-15(12-10-14)19-17(24)8-5-13-25-16-6-3-2-4-7-16/h2-4,6-7,9-12H,5,8,13H2,1H3,(H,19,24). The SMILES string of the molecule is Cn1nnnc1-c1ccc(NC(=O)CCCOc2ccccc2)cc1. The van der Waals surface area contributed by atoms with Gasteiger partial charge in [0.15, 0.2) is 5.82 Å². The molecule has 0 bridgehead atoms. The number of anilines is 1. The molecule has 128 valence electrons. The summed E-state index contributed by atoms with van der Waals surface area (Å²) in [7, 11) is 1.78. The second-order valence-electron chi connectivity index (χ2n) is 5.52. The number of hydrogen-bond donors (Lipinski definition) is 1. The van der Waals surface area contributed by atoms with E-state index < -0.39 is 0 Å². The molecule has 1 heterocycles. The summed E-state index contributed by atoms with van der Waals surface area (Å²) in [5.41, 5.74) is 1.63. The zero-order valence-electron chi connectivity index (χ0n) is 13.9.